The van der Waals surface area contributed by atoms with E-state index in [4.69, 9.17) is 4.74 Å². The van der Waals surface area contributed by atoms with Crippen LogP contribution < -0.4 is 10.9 Å². The molecule has 1 heterocycles. The van der Waals surface area contributed by atoms with E-state index in [1.54, 1.807) is 25.2 Å². The number of para-hydroxylation sites is 1. The molecule has 0 bridgehead atoms. The first-order chi connectivity index (χ1) is 15.1. The third kappa shape index (κ3) is 5.41. The summed E-state index contributed by atoms with van der Waals surface area (Å²) in [6.07, 6.45) is -0.702. The summed E-state index contributed by atoms with van der Waals surface area (Å²) in [6.45, 7) is 7.88. The normalized spacial score (nSPS) is 12.4. The predicted octanol–water partition coefficient (Wildman–Crippen LogP) is 3.73. The smallest absolute Gasteiger partial charge is 0.307 e. The van der Waals surface area contributed by atoms with Crippen LogP contribution in [0.2, 0.25) is 0 Å². The van der Waals surface area contributed by atoms with Gasteiger partial charge in [0.1, 0.15) is 5.82 Å². The summed E-state index contributed by atoms with van der Waals surface area (Å²) in [5.74, 6) is -0.446. The second kappa shape index (κ2) is 9.34. The lowest BCUT2D eigenvalue weighted by atomic mass is 9.87. The molecule has 0 saturated heterocycles. The number of rotatable bonds is 6. The highest BCUT2D eigenvalue weighted by Crippen LogP contribution is 2.23. The van der Waals surface area contributed by atoms with Gasteiger partial charge in [-0.3, -0.25) is 19.0 Å². The highest BCUT2D eigenvalue weighted by Gasteiger charge is 2.19. The number of esters is 1. The summed E-state index contributed by atoms with van der Waals surface area (Å²) in [5, 5.41) is 3.29. The summed E-state index contributed by atoms with van der Waals surface area (Å²) in [7, 11) is 1.63. The van der Waals surface area contributed by atoms with E-state index in [2.05, 4.69) is 31.1 Å². The second-order valence-corrected chi connectivity index (χ2v) is 8.86. The van der Waals surface area contributed by atoms with E-state index < -0.39 is 18.0 Å². The molecule has 7 nitrogen and oxygen atoms in total. The molecule has 7 heteroatoms. The Hall–Kier alpha value is -3.48. The van der Waals surface area contributed by atoms with E-state index in [9.17, 15) is 14.4 Å². The van der Waals surface area contributed by atoms with Crippen LogP contribution in [0.15, 0.2) is 53.3 Å². The number of carbonyl (C=O) groups is 2. The first-order valence-corrected chi connectivity index (χ1v) is 10.6. The fourth-order valence-electron chi connectivity index (χ4n) is 3.31. The Kier molecular flexibility index (Phi) is 6.77. The van der Waals surface area contributed by atoms with Gasteiger partial charge in [-0.25, -0.2) is 4.98 Å². The van der Waals surface area contributed by atoms with Crippen LogP contribution in [0.1, 0.15) is 45.5 Å². The summed E-state index contributed by atoms with van der Waals surface area (Å²) in [6, 6.07) is 14.7. The van der Waals surface area contributed by atoms with Crippen molar-refractivity contribution >= 4 is 28.5 Å². The lowest BCUT2D eigenvalue weighted by molar-refractivity contribution is -0.153. The number of nitrogens with one attached hydrogen (secondary N) is 1. The SMILES string of the molecule is CC(OC(=O)CCc1nc2ccccc2c(=O)n1C)C(=O)Nc1ccc(C(C)(C)C)cc1. The van der Waals surface area contributed by atoms with Gasteiger partial charge < -0.3 is 10.1 Å². The fraction of sp³-hybridized carbons (Fsp3) is 0.360. The molecule has 1 atom stereocenters. The summed E-state index contributed by atoms with van der Waals surface area (Å²) >= 11 is 0. The Morgan fingerprint density at radius 1 is 1.09 bits per heavy atom. The number of fused-ring (bicyclic) bond motifs is 1. The van der Waals surface area contributed by atoms with Crippen molar-refractivity contribution in [1.82, 2.24) is 9.55 Å². The molecule has 32 heavy (non-hydrogen) atoms. The average Bonchev–Trinajstić information content (AvgIpc) is 2.75. The molecule has 168 valence electrons. The maximum absolute atomic E-state index is 12.5. The van der Waals surface area contributed by atoms with Gasteiger partial charge in [-0.05, 0) is 42.2 Å². The van der Waals surface area contributed by atoms with Crippen LogP contribution in [-0.2, 0) is 33.2 Å². The maximum Gasteiger partial charge on any atom is 0.307 e. The summed E-state index contributed by atoms with van der Waals surface area (Å²) in [5.41, 5.74) is 2.25. The van der Waals surface area contributed by atoms with Crippen molar-refractivity contribution in [2.24, 2.45) is 7.05 Å². The summed E-state index contributed by atoms with van der Waals surface area (Å²) < 4.78 is 6.71. The lowest BCUT2D eigenvalue weighted by Gasteiger charge is -2.19. The Bertz CT molecular complexity index is 1190. The Labute approximate surface area is 187 Å². The third-order valence-electron chi connectivity index (χ3n) is 5.32. The van der Waals surface area contributed by atoms with Crippen molar-refractivity contribution in [2.75, 3.05) is 5.32 Å². The van der Waals surface area contributed by atoms with Gasteiger partial charge >= 0.3 is 5.97 Å². The third-order valence-corrected chi connectivity index (χ3v) is 5.32. The fourth-order valence-corrected chi connectivity index (χ4v) is 3.31. The molecule has 0 radical (unpaired) electrons. The average molecular weight is 436 g/mol. The molecule has 0 spiro atoms. The Morgan fingerprint density at radius 2 is 1.75 bits per heavy atom. The zero-order chi connectivity index (χ0) is 23.5. The Morgan fingerprint density at radius 3 is 2.41 bits per heavy atom. The molecule has 0 saturated carbocycles. The van der Waals surface area contributed by atoms with Crippen molar-refractivity contribution in [3.63, 3.8) is 0 Å². The number of aryl methyl sites for hydroxylation is 1. The monoisotopic (exact) mass is 435 g/mol. The van der Waals surface area contributed by atoms with Gasteiger partial charge in [0.2, 0.25) is 0 Å². The van der Waals surface area contributed by atoms with Crippen LogP contribution in [0.3, 0.4) is 0 Å². The van der Waals surface area contributed by atoms with Crippen LogP contribution in [0.5, 0.6) is 0 Å². The standard InChI is InChI=1S/C25H29N3O4/c1-16(23(30)26-18-12-10-17(11-13-18)25(2,3)4)32-22(29)15-14-21-27-20-9-7-6-8-19(20)24(31)28(21)5/h6-13,16H,14-15H2,1-5H3,(H,26,30). The Balaban J connectivity index is 1.57. The molecule has 0 fully saturated rings. The number of hydrogen-bond acceptors (Lipinski definition) is 5. The molecule has 1 unspecified atom stereocenters. The van der Waals surface area contributed by atoms with Crippen molar-refractivity contribution < 1.29 is 14.3 Å². The van der Waals surface area contributed by atoms with Gasteiger partial charge in [-0.1, -0.05) is 45.0 Å². The van der Waals surface area contributed by atoms with Gasteiger partial charge in [0, 0.05) is 19.2 Å². The molecule has 3 aromatic rings. The minimum Gasteiger partial charge on any atom is -0.453 e. The van der Waals surface area contributed by atoms with Gasteiger partial charge in [0.05, 0.1) is 17.3 Å². The molecule has 2 aromatic carbocycles. The number of ether oxygens (including phenoxy) is 1. The zero-order valence-corrected chi connectivity index (χ0v) is 19.1. The van der Waals surface area contributed by atoms with Crippen molar-refractivity contribution in [3.05, 3.63) is 70.3 Å². The van der Waals surface area contributed by atoms with E-state index in [-0.39, 0.29) is 23.8 Å². The number of aromatic nitrogens is 2. The minimum atomic E-state index is -0.946. The maximum atomic E-state index is 12.5. The molecule has 0 aliphatic rings. The number of anilines is 1. The van der Waals surface area contributed by atoms with Gasteiger partial charge in [-0.15, -0.1) is 0 Å². The van der Waals surface area contributed by atoms with E-state index >= 15 is 0 Å². The van der Waals surface area contributed by atoms with Crippen molar-refractivity contribution in [3.8, 4) is 0 Å². The number of benzene rings is 2. The molecule has 0 aliphatic heterocycles. The van der Waals surface area contributed by atoms with Crippen LogP contribution in [0.4, 0.5) is 5.69 Å². The molecular weight excluding hydrogens is 406 g/mol. The number of hydrogen-bond donors (Lipinski definition) is 1. The van der Waals surface area contributed by atoms with Gasteiger partial charge in [-0.2, -0.15) is 0 Å². The molecule has 1 aromatic heterocycles. The second-order valence-electron chi connectivity index (χ2n) is 8.86. The van der Waals surface area contributed by atoms with Crippen LogP contribution in [-0.4, -0.2) is 27.5 Å². The zero-order valence-electron chi connectivity index (χ0n) is 19.1. The quantitative estimate of drug-likeness (QED) is 0.596. The van der Waals surface area contributed by atoms with Crippen LogP contribution in [0, 0.1) is 0 Å². The number of amides is 1. The highest BCUT2D eigenvalue weighted by atomic mass is 16.5. The van der Waals surface area contributed by atoms with Crippen molar-refractivity contribution in [1.29, 1.82) is 0 Å². The first kappa shape index (κ1) is 23.2. The van der Waals surface area contributed by atoms with E-state index in [0.29, 0.717) is 22.4 Å². The van der Waals surface area contributed by atoms with E-state index in [1.807, 2.05) is 30.3 Å². The minimum absolute atomic E-state index is 0.0104. The van der Waals surface area contributed by atoms with Crippen molar-refractivity contribution in [2.45, 2.75) is 52.1 Å². The molecule has 3 rings (SSSR count). The number of nitrogens with zero attached hydrogens (tertiary/aromatic N) is 2. The molecule has 1 N–H and O–H groups in total. The van der Waals surface area contributed by atoms with Crippen LogP contribution >= 0.6 is 0 Å². The van der Waals surface area contributed by atoms with Gasteiger partial charge in [0.15, 0.2) is 6.10 Å². The summed E-state index contributed by atoms with van der Waals surface area (Å²) in [4.78, 5) is 41.6. The van der Waals surface area contributed by atoms with E-state index in [1.165, 1.54) is 11.5 Å². The first-order valence-electron chi connectivity index (χ1n) is 10.6. The molecule has 0 aliphatic carbocycles. The van der Waals surface area contributed by atoms with E-state index in [0.717, 1.165) is 5.56 Å². The topological polar surface area (TPSA) is 90.3 Å². The molecule has 1 amide bonds. The lowest BCUT2D eigenvalue weighted by Crippen LogP contribution is -2.30. The predicted molar refractivity (Wildman–Crippen MR) is 125 cm³/mol. The largest absolute Gasteiger partial charge is 0.453 e. The molecular formula is C25H29N3O4. The highest BCUT2D eigenvalue weighted by molar-refractivity contribution is 5.95. The van der Waals surface area contributed by atoms with Crippen LogP contribution in [0.25, 0.3) is 10.9 Å². The number of carbonyl (C=O) groups excluding carboxylic acids is 2. The van der Waals surface area contributed by atoms with Gasteiger partial charge in [0.25, 0.3) is 11.5 Å².